The number of carbonyl (C=O) groups is 1. The zero-order valence-corrected chi connectivity index (χ0v) is 16.7. The molecule has 29 heavy (non-hydrogen) atoms. The number of anilines is 1. The summed E-state index contributed by atoms with van der Waals surface area (Å²) in [5.41, 5.74) is -4.34. The van der Waals surface area contributed by atoms with E-state index in [0.29, 0.717) is 34.6 Å². The van der Waals surface area contributed by atoms with Gasteiger partial charge in [0.15, 0.2) is 0 Å². The van der Waals surface area contributed by atoms with Crippen molar-refractivity contribution < 1.29 is 30.8 Å². The smallest absolute Gasteiger partial charge is 0.334 e. The van der Waals surface area contributed by atoms with Gasteiger partial charge in [-0.15, -0.1) is 11.8 Å². The summed E-state index contributed by atoms with van der Waals surface area (Å²) in [6.45, 7) is 0.456. The van der Waals surface area contributed by atoms with Crippen LogP contribution in [0.2, 0.25) is 0 Å². The van der Waals surface area contributed by atoms with Crippen molar-refractivity contribution >= 4 is 33.4 Å². The Hall–Kier alpha value is -2.27. The molecule has 2 aromatic carbocycles. The maximum atomic E-state index is 14.1. The highest BCUT2D eigenvalue weighted by Gasteiger charge is 2.46. The van der Waals surface area contributed by atoms with E-state index in [1.807, 2.05) is 0 Å². The highest BCUT2D eigenvalue weighted by molar-refractivity contribution is 7.98. The molecule has 2 aromatic rings. The van der Waals surface area contributed by atoms with Gasteiger partial charge in [-0.2, -0.15) is 21.6 Å². The lowest BCUT2D eigenvalue weighted by atomic mass is 9.97. The number of benzene rings is 2. The van der Waals surface area contributed by atoms with E-state index in [2.05, 4.69) is 0 Å². The molecule has 11 heteroatoms. The van der Waals surface area contributed by atoms with Crippen LogP contribution in [0.15, 0.2) is 41.3 Å². The molecule has 1 heterocycles. The number of nitrogens with one attached hydrogen (secondary N) is 1. The maximum absolute atomic E-state index is 14.1. The van der Waals surface area contributed by atoms with E-state index in [4.69, 9.17) is 0 Å². The molecule has 5 nitrogen and oxygen atoms in total. The molecular weight excluding hydrogens is 432 g/mol. The Kier molecular flexibility index (Phi) is 5.81. The second-order valence-corrected chi connectivity index (χ2v) is 8.85. The number of hydrogen-bond acceptors (Lipinski definition) is 4. The first-order valence-electron chi connectivity index (χ1n) is 8.36. The van der Waals surface area contributed by atoms with E-state index in [1.165, 1.54) is 51.7 Å². The molecule has 1 aliphatic heterocycles. The molecule has 0 bridgehead atoms. The number of sulfonamides is 1. The van der Waals surface area contributed by atoms with E-state index < -0.39 is 21.3 Å². The van der Waals surface area contributed by atoms with Gasteiger partial charge >= 0.3 is 15.5 Å². The summed E-state index contributed by atoms with van der Waals surface area (Å²) in [5, 5.41) is 0. The highest BCUT2D eigenvalue weighted by Crippen LogP contribution is 2.31. The number of thioether (sulfide) groups is 1. The fraction of sp³-hybridized carbons (Fsp3) is 0.278. The minimum absolute atomic E-state index is 0.162. The van der Waals surface area contributed by atoms with Crippen LogP contribution >= 0.6 is 11.8 Å². The number of fused-ring (bicyclic) bond motifs is 1. The van der Waals surface area contributed by atoms with Gasteiger partial charge in [0, 0.05) is 29.2 Å². The quantitative estimate of drug-likeness (QED) is 0.555. The van der Waals surface area contributed by atoms with Crippen molar-refractivity contribution in [2.45, 2.75) is 23.4 Å². The number of hydrogen-bond donors (Lipinski definition) is 1. The minimum atomic E-state index is -5.50. The summed E-state index contributed by atoms with van der Waals surface area (Å²) in [6, 6.07) is 8.13. The summed E-state index contributed by atoms with van der Waals surface area (Å²) in [5.74, 6) is -0.746. The van der Waals surface area contributed by atoms with Crippen molar-refractivity contribution in [3.63, 3.8) is 0 Å². The monoisotopic (exact) mass is 448 g/mol. The van der Waals surface area contributed by atoms with Crippen LogP contribution < -0.4 is 4.72 Å². The molecule has 0 aliphatic carbocycles. The van der Waals surface area contributed by atoms with Gasteiger partial charge in [-0.1, -0.05) is 12.1 Å². The molecule has 0 radical (unpaired) electrons. The maximum Gasteiger partial charge on any atom is 0.516 e. The van der Waals surface area contributed by atoms with Gasteiger partial charge in [0.05, 0.1) is 5.56 Å². The van der Waals surface area contributed by atoms with Crippen LogP contribution in [0.5, 0.6) is 0 Å². The topological polar surface area (TPSA) is 66.5 Å². The van der Waals surface area contributed by atoms with Gasteiger partial charge in [0.2, 0.25) is 0 Å². The van der Waals surface area contributed by atoms with Crippen LogP contribution in [0.1, 0.15) is 21.5 Å². The molecule has 0 saturated carbocycles. The fourth-order valence-electron chi connectivity index (χ4n) is 3.02. The first kappa shape index (κ1) is 21.4. The Bertz CT molecular complexity index is 1040. The average molecular weight is 448 g/mol. The summed E-state index contributed by atoms with van der Waals surface area (Å²) in [6.07, 6.45) is 2.14. The molecule has 1 aliphatic rings. The minimum Gasteiger partial charge on any atom is -0.334 e. The first-order chi connectivity index (χ1) is 13.5. The van der Waals surface area contributed by atoms with E-state index in [-0.39, 0.29) is 18.1 Å². The Balaban J connectivity index is 1.77. The van der Waals surface area contributed by atoms with Gasteiger partial charge < -0.3 is 4.90 Å². The lowest BCUT2D eigenvalue weighted by Gasteiger charge is -2.30. The van der Waals surface area contributed by atoms with Gasteiger partial charge in [0.1, 0.15) is 5.82 Å². The average Bonchev–Trinajstić information content (AvgIpc) is 2.65. The number of halogens is 4. The number of carbonyl (C=O) groups excluding carboxylic acids is 1. The molecule has 0 fully saturated rings. The molecule has 0 aromatic heterocycles. The van der Waals surface area contributed by atoms with Gasteiger partial charge in [-0.3, -0.25) is 9.52 Å². The van der Waals surface area contributed by atoms with Crippen molar-refractivity contribution in [2.24, 2.45) is 0 Å². The van der Waals surface area contributed by atoms with Crippen LogP contribution in [0.25, 0.3) is 0 Å². The Morgan fingerprint density at radius 1 is 1.14 bits per heavy atom. The number of rotatable bonds is 5. The number of amides is 1. The van der Waals surface area contributed by atoms with E-state index in [1.54, 1.807) is 12.3 Å². The number of nitrogens with zero attached hydrogens (tertiary/aromatic N) is 1. The highest BCUT2D eigenvalue weighted by atomic mass is 32.2. The number of alkyl halides is 3. The van der Waals surface area contributed by atoms with Crippen LogP contribution in [0.3, 0.4) is 0 Å². The first-order valence-corrected chi connectivity index (χ1v) is 11.1. The molecule has 1 amide bonds. The van der Waals surface area contributed by atoms with Crippen LogP contribution in [0, 0.1) is 5.82 Å². The Morgan fingerprint density at radius 2 is 1.79 bits per heavy atom. The summed E-state index contributed by atoms with van der Waals surface area (Å²) in [7, 11) is -5.50. The van der Waals surface area contributed by atoms with Crippen LogP contribution in [-0.2, 0) is 23.0 Å². The van der Waals surface area contributed by atoms with E-state index >= 15 is 0 Å². The second kappa shape index (κ2) is 7.86. The Morgan fingerprint density at radius 3 is 2.38 bits per heavy atom. The largest absolute Gasteiger partial charge is 0.516 e. The van der Waals surface area contributed by atoms with Gasteiger partial charge in [-0.25, -0.2) is 4.39 Å². The lowest BCUT2D eigenvalue weighted by molar-refractivity contribution is -0.0429. The van der Waals surface area contributed by atoms with E-state index in [0.717, 1.165) is 0 Å². The van der Waals surface area contributed by atoms with Crippen molar-refractivity contribution in [2.75, 3.05) is 17.5 Å². The predicted octanol–water partition coefficient (Wildman–Crippen LogP) is 4.01. The summed E-state index contributed by atoms with van der Waals surface area (Å²) in [4.78, 5) is 15.0. The second-order valence-electron chi connectivity index (χ2n) is 6.33. The molecular formula is C18H16F4N2O3S2. The standard InChI is InChI=1S/C18H16F4N2O3S2/c1-28-15-7-6-14(19)13-8-9-24(17(25)16(13)15)10-11-2-4-12(5-3-11)23-29(26,27)18(20,21)22/h2-7,23H,8-10H2,1H3. The van der Waals surface area contributed by atoms with Crippen molar-refractivity contribution in [3.05, 3.63) is 58.9 Å². The molecule has 1 N–H and O–H groups in total. The molecule has 0 atom stereocenters. The molecule has 0 saturated heterocycles. The van der Waals surface area contributed by atoms with Gasteiger partial charge in [0.25, 0.3) is 5.91 Å². The lowest BCUT2D eigenvalue weighted by Crippen LogP contribution is -2.38. The predicted molar refractivity (Wildman–Crippen MR) is 102 cm³/mol. The third-order valence-corrected chi connectivity index (χ3v) is 6.35. The van der Waals surface area contributed by atoms with Crippen molar-refractivity contribution in [3.8, 4) is 0 Å². The Labute approximate surface area is 169 Å². The molecule has 0 spiro atoms. The van der Waals surface area contributed by atoms with Crippen molar-refractivity contribution in [1.29, 1.82) is 0 Å². The third kappa shape index (κ3) is 4.35. The molecule has 3 rings (SSSR count). The molecule has 0 unspecified atom stereocenters. The normalized spacial score (nSPS) is 14.7. The fourth-order valence-corrected chi connectivity index (χ4v) is 4.20. The zero-order chi connectivity index (χ0) is 21.4. The van der Waals surface area contributed by atoms with Gasteiger partial charge in [-0.05, 0) is 42.5 Å². The SMILES string of the molecule is CSc1ccc(F)c2c1C(=O)N(Cc1ccc(NS(=O)(=O)C(F)(F)F)cc1)CC2. The third-order valence-electron chi connectivity index (χ3n) is 4.45. The van der Waals surface area contributed by atoms with Crippen LogP contribution in [0.4, 0.5) is 23.2 Å². The van der Waals surface area contributed by atoms with Crippen LogP contribution in [-0.4, -0.2) is 37.5 Å². The van der Waals surface area contributed by atoms with E-state index in [9.17, 15) is 30.8 Å². The molecule has 156 valence electrons. The summed E-state index contributed by atoms with van der Waals surface area (Å²) >= 11 is 1.34. The van der Waals surface area contributed by atoms with Crippen molar-refractivity contribution in [1.82, 2.24) is 4.90 Å². The summed E-state index contributed by atoms with van der Waals surface area (Å²) < 4.78 is 75.1. The zero-order valence-electron chi connectivity index (χ0n) is 15.1.